The molecule has 2 aromatic carbocycles. The highest BCUT2D eigenvalue weighted by molar-refractivity contribution is 5.95. The highest BCUT2D eigenvalue weighted by Crippen LogP contribution is 2.31. The molecule has 1 aromatic heterocycles. The lowest BCUT2D eigenvalue weighted by atomic mass is 9.86. The maximum Gasteiger partial charge on any atom is 0.252 e. The lowest BCUT2D eigenvalue weighted by molar-refractivity contribution is 0.0887. The van der Waals surface area contributed by atoms with Crippen LogP contribution in [0.1, 0.15) is 46.1 Å². The summed E-state index contributed by atoms with van der Waals surface area (Å²) >= 11 is 0. The van der Waals surface area contributed by atoms with Crippen molar-refractivity contribution in [2.45, 2.75) is 32.4 Å². The summed E-state index contributed by atoms with van der Waals surface area (Å²) in [5, 5.41) is 3.27. The molecule has 1 fully saturated rings. The lowest BCUT2D eigenvalue weighted by Crippen LogP contribution is -2.41. The average molecular weight is 418 g/mol. The van der Waals surface area contributed by atoms with E-state index in [1.54, 1.807) is 6.20 Å². The number of nitrogens with zero attached hydrogens (tertiary/aromatic N) is 2. The van der Waals surface area contributed by atoms with Crippen LogP contribution < -0.4 is 5.32 Å². The standard InChI is InChI=1S/C26H28FN3O/c1-19-6-2-3-7-23(19)26(31)29-25(24-8-4-5-15-28-24)21-13-16-30(17-14-21)18-20-9-11-22(27)12-10-20/h2-12,15,21,25H,13-14,16-18H2,1H3,(H,29,31)/t25-/m1/s1. The summed E-state index contributed by atoms with van der Waals surface area (Å²) in [5.41, 5.74) is 3.70. The molecule has 4 nitrogen and oxygen atoms in total. The SMILES string of the molecule is Cc1ccccc1C(=O)N[C@@H](c1ccccn1)C1CCN(Cc2ccc(F)cc2)CC1. The number of hydrogen-bond donors (Lipinski definition) is 1. The normalized spacial score (nSPS) is 16.1. The maximum atomic E-state index is 13.2. The van der Waals surface area contributed by atoms with E-state index in [9.17, 15) is 9.18 Å². The number of rotatable bonds is 6. The fraction of sp³-hybridized carbons (Fsp3) is 0.308. The van der Waals surface area contributed by atoms with Crippen LogP contribution in [-0.2, 0) is 6.54 Å². The van der Waals surface area contributed by atoms with Crippen LogP contribution in [0.15, 0.2) is 72.9 Å². The fourth-order valence-corrected chi connectivity index (χ4v) is 4.33. The van der Waals surface area contributed by atoms with Crippen molar-refractivity contribution < 1.29 is 9.18 Å². The number of halogens is 1. The third kappa shape index (κ3) is 5.36. The first-order chi connectivity index (χ1) is 15.1. The van der Waals surface area contributed by atoms with Crippen molar-refractivity contribution in [3.8, 4) is 0 Å². The van der Waals surface area contributed by atoms with Gasteiger partial charge in [-0.15, -0.1) is 0 Å². The number of carbonyl (C=O) groups is 1. The molecule has 0 bridgehead atoms. The molecule has 0 aliphatic carbocycles. The van der Waals surface area contributed by atoms with Gasteiger partial charge in [-0.25, -0.2) is 4.39 Å². The molecule has 0 unspecified atom stereocenters. The largest absolute Gasteiger partial charge is 0.343 e. The number of likely N-dealkylation sites (tertiary alicyclic amines) is 1. The average Bonchev–Trinajstić information content (AvgIpc) is 2.80. The minimum absolute atomic E-state index is 0.0532. The predicted molar refractivity (Wildman–Crippen MR) is 120 cm³/mol. The Labute approximate surface area is 183 Å². The summed E-state index contributed by atoms with van der Waals surface area (Å²) in [6.07, 6.45) is 3.72. The van der Waals surface area contributed by atoms with E-state index in [0.717, 1.165) is 49.3 Å². The van der Waals surface area contributed by atoms with Gasteiger partial charge >= 0.3 is 0 Å². The van der Waals surface area contributed by atoms with Crippen molar-refractivity contribution in [2.75, 3.05) is 13.1 Å². The van der Waals surface area contributed by atoms with Crippen LogP contribution in [0.2, 0.25) is 0 Å². The van der Waals surface area contributed by atoms with E-state index in [2.05, 4.69) is 15.2 Å². The molecule has 1 atom stereocenters. The number of pyridine rings is 1. The monoisotopic (exact) mass is 417 g/mol. The summed E-state index contributed by atoms with van der Waals surface area (Å²) in [7, 11) is 0. The van der Waals surface area contributed by atoms with Gasteiger partial charge in [0, 0.05) is 18.3 Å². The van der Waals surface area contributed by atoms with Gasteiger partial charge in [0.25, 0.3) is 5.91 Å². The van der Waals surface area contributed by atoms with Crippen LogP contribution in [0.3, 0.4) is 0 Å². The smallest absolute Gasteiger partial charge is 0.252 e. The van der Waals surface area contributed by atoms with Crippen LogP contribution in [0.25, 0.3) is 0 Å². The van der Waals surface area contributed by atoms with Crippen LogP contribution in [-0.4, -0.2) is 28.9 Å². The van der Waals surface area contributed by atoms with E-state index in [4.69, 9.17) is 0 Å². The number of hydrogen-bond acceptors (Lipinski definition) is 3. The molecule has 1 saturated heterocycles. The zero-order valence-electron chi connectivity index (χ0n) is 17.8. The topological polar surface area (TPSA) is 45.2 Å². The van der Waals surface area contributed by atoms with Gasteiger partial charge in [-0.1, -0.05) is 36.4 Å². The maximum absolute atomic E-state index is 13.2. The number of piperidine rings is 1. The van der Waals surface area contributed by atoms with E-state index < -0.39 is 0 Å². The van der Waals surface area contributed by atoms with Gasteiger partial charge < -0.3 is 5.32 Å². The molecule has 4 rings (SSSR count). The zero-order valence-corrected chi connectivity index (χ0v) is 17.8. The van der Waals surface area contributed by atoms with Gasteiger partial charge in [0.1, 0.15) is 5.82 Å². The lowest BCUT2D eigenvalue weighted by Gasteiger charge is -2.36. The highest BCUT2D eigenvalue weighted by atomic mass is 19.1. The number of nitrogens with one attached hydrogen (secondary N) is 1. The van der Waals surface area contributed by atoms with E-state index in [-0.39, 0.29) is 17.8 Å². The first-order valence-corrected chi connectivity index (χ1v) is 10.8. The Morgan fingerprint density at radius 2 is 1.77 bits per heavy atom. The van der Waals surface area contributed by atoms with Gasteiger partial charge in [0.05, 0.1) is 11.7 Å². The Morgan fingerprint density at radius 1 is 1.06 bits per heavy atom. The van der Waals surface area contributed by atoms with Crippen LogP contribution in [0, 0.1) is 18.7 Å². The summed E-state index contributed by atoms with van der Waals surface area (Å²) in [6, 6.07) is 20.1. The number of aryl methyl sites for hydroxylation is 1. The van der Waals surface area contributed by atoms with Crippen LogP contribution in [0.4, 0.5) is 4.39 Å². The molecule has 5 heteroatoms. The zero-order chi connectivity index (χ0) is 21.6. The van der Waals surface area contributed by atoms with E-state index in [1.807, 2.05) is 61.5 Å². The van der Waals surface area contributed by atoms with Gasteiger partial charge in [-0.05, 0) is 80.2 Å². The molecular formula is C26H28FN3O. The van der Waals surface area contributed by atoms with Crippen LogP contribution in [0.5, 0.6) is 0 Å². The Bertz CT molecular complexity index is 999. The molecule has 160 valence electrons. The second-order valence-corrected chi connectivity index (χ2v) is 8.26. The molecule has 1 aliphatic rings. The van der Waals surface area contributed by atoms with E-state index >= 15 is 0 Å². The Balaban J connectivity index is 1.45. The van der Waals surface area contributed by atoms with Crippen molar-refractivity contribution in [1.82, 2.24) is 15.2 Å². The quantitative estimate of drug-likeness (QED) is 0.620. The summed E-state index contributed by atoms with van der Waals surface area (Å²) in [4.78, 5) is 20.0. The molecule has 31 heavy (non-hydrogen) atoms. The second-order valence-electron chi connectivity index (χ2n) is 8.26. The first kappa shape index (κ1) is 21.2. The Kier molecular flexibility index (Phi) is 6.73. The minimum Gasteiger partial charge on any atom is -0.343 e. The third-order valence-electron chi connectivity index (χ3n) is 6.11. The molecule has 0 radical (unpaired) electrons. The molecular weight excluding hydrogens is 389 g/mol. The number of aromatic nitrogens is 1. The number of benzene rings is 2. The molecule has 1 amide bonds. The molecule has 1 N–H and O–H groups in total. The van der Waals surface area contributed by atoms with Crippen molar-refractivity contribution in [3.63, 3.8) is 0 Å². The molecule has 0 saturated carbocycles. The number of amides is 1. The summed E-state index contributed by atoms with van der Waals surface area (Å²) in [6.45, 7) is 4.65. The summed E-state index contributed by atoms with van der Waals surface area (Å²) < 4.78 is 13.2. The van der Waals surface area contributed by atoms with Crippen molar-refractivity contribution in [3.05, 3.63) is 101 Å². The molecule has 2 heterocycles. The summed E-state index contributed by atoms with van der Waals surface area (Å²) in [5.74, 6) is 0.0555. The van der Waals surface area contributed by atoms with Gasteiger partial charge in [0.15, 0.2) is 0 Å². The fourth-order valence-electron chi connectivity index (χ4n) is 4.33. The predicted octanol–water partition coefficient (Wildman–Crippen LogP) is 4.91. The van der Waals surface area contributed by atoms with Gasteiger partial charge in [0.2, 0.25) is 0 Å². The van der Waals surface area contributed by atoms with E-state index in [0.29, 0.717) is 11.5 Å². The Hall–Kier alpha value is -3.05. The van der Waals surface area contributed by atoms with Crippen molar-refractivity contribution in [1.29, 1.82) is 0 Å². The minimum atomic E-state index is -0.204. The van der Waals surface area contributed by atoms with Gasteiger partial charge in [-0.3, -0.25) is 14.7 Å². The highest BCUT2D eigenvalue weighted by Gasteiger charge is 2.30. The Morgan fingerprint density at radius 3 is 2.45 bits per heavy atom. The van der Waals surface area contributed by atoms with Gasteiger partial charge in [-0.2, -0.15) is 0 Å². The first-order valence-electron chi connectivity index (χ1n) is 10.8. The third-order valence-corrected chi connectivity index (χ3v) is 6.11. The number of carbonyl (C=O) groups excluding carboxylic acids is 1. The van der Waals surface area contributed by atoms with Crippen LogP contribution >= 0.6 is 0 Å². The van der Waals surface area contributed by atoms with Crippen molar-refractivity contribution in [2.24, 2.45) is 5.92 Å². The molecule has 1 aliphatic heterocycles. The van der Waals surface area contributed by atoms with E-state index in [1.165, 1.54) is 12.1 Å². The molecule has 0 spiro atoms. The second kappa shape index (κ2) is 9.84. The molecule has 3 aromatic rings. The van der Waals surface area contributed by atoms with Crippen molar-refractivity contribution >= 4 is 5.91 Å².